The zero-order chi connectivity index (χ0) is 21.4. The maximum atomic E-state index is 13.7. The summed E-state index contributed by atoms with van der Waals surface area (Å²) in [4.78, 5) is 31.2. The van der Waals surface area contributed by atoms with Crippen molar-refractivity contribution in [1.82, 2.24) is 9.80 Å². The highest BCUT2D eigenvalue weighted by atomic mass is 16.6. The molecule has 0 amide bonds. The van der Waals surface area contributed by atoms with Crippen LogP contribution in [0.5, 0.6) is 0 Å². The summed E-state index contributed by atoms with van der Waals surface area (Å²) in [5.41, 5.74) is 2.38. The van der Waals surface area contributed by atoms with Crippen molar-refractivity contribution in [2.24, 2.45) is 5.92 Å². The molecule has 0 unspecified atom stereocenters. The van der Waals surface area contributed by atoms with Gasteiger partial charge in [-0.05, 0) is 56.3 Å². The fourth-order valence-electron chi connectivity index (χ4n) is 9.42. The van der Waals surface area contributed by atoms with Crippen LogP contribution in [0.4, 0.5) is 0 Å². The third kappa shape index (κ3) is 1.94. The van der Waals surface area contributed by atoms with E-state index in [2.05, 4.69) is 9.80 Å². The van der Waals surface area contributed by atoms with Crippen molar-refractivity contribution in [3.05, 3.63) is 22.8 Å². The Labute approximate surface area is 187 Å². The number of hydrogen-bond donors (Lipinski definition) is 0. The van der Waals surface area contributed by atoms with Crippen LogP contribution in [0.2, 0.25) is 0 Å². The van der Waals surface area contributed by atoms with Gasteiger partial charge in [0, 0.05) is 56.0 Å². The summed E-state index contributed by atoms with van der Waals surface area (Å²) in [6.07, 6.45) is 9.53. The molecule has 0 aromatic carbocycles. The Morgan fingerprint density at radius 3 is 2.47 bits per heavy atom. The van der Waals surface area contributed by atoms with Crippen molar-refractivity contribution in [2.75, 3.05) is 20.2 Å². The van der Waals surface area contributed by atoms with Gasteiger partial charge in [0.1, 0.15) is 0 Å². The van der Waals surface area contributed by atoms with Gasteiger partial charge in [0.05, 0.1) is 18.2 Å². The highest BCUT2D eigenvalue weighted by Gasteiger charge is 2.70. The van der Waals surface area contributed by atoms with Gasteiger partial charge in [0.25, 0.3) is 0 Å². The van der Waals surface area contributed by atoms with Gasteiger partial charge >= 0.3 is 11.9 Å². The Bertz CT molecular complexity index is 1020. The van der Waals surface area contributed by atoms with Crippen LogP contribution in [-0.4, -0.2) is 83.4 Å². The topological polar surface area (TPSA) is 68.3 Å². The molecule has 0 radical (unpaired) electrons. The van der Waals surface area contributed by atoms with E-state index < -0.39 is 11.2 Å². The lowest BCUT2D eigenvalue weighted by Crippen LogP contribution is -2.45. The summed E-state index contributed by atoms with van der Waals surface area (Å²) >= 11 is 0. The lowest BCUT2D eigenvalue weighted by atomic mass is 9.67. The monoisotopic (exact) mass is 438 g/mol. The quantitative estimate of drug-likeness (QED) is 0.608. The molecule has 170 valence electrons. The molecule has 0 aromatic heterocycles. The Balaban J connectivity index is 1.28. The summed E-state index contributed by atoms with van der Waals surface area (Å²) < 4.78 is 18.4. The van der Waals surface area contributed by atoms with Crippen LogP contribution in [0.25, 0.3) is 0 Å². The molecule has 6 heterocycles. The number of fused-ring (bicyclic) bond motifs is 6. The van der Waals surface area contributed by atoms with E-state index in [-0.39, 0.29) is 36.0 Å². The van der Waals surface area contributed by atoms with E-state index in [0.717, 1.165) is 75.6 Å². The number of carbonyl (C=O) groups is 2. The Morgan fingerprint density at radius 1 is 0.969 bits per heavy atom. The normalized spacial score (nSPS) is 50.8. The molecule has 8 atom stereocenters. The highest BCUT2D eigenvalue weighted by molar-refractivity contribution is 5.95. The maximum absolute atomic E-state index is 13.7. The molecule has 32 heavy (non-hydrogen) atoms. The smallest absolute Gasteiger partial charge is 0.335 e. The molecule has 2 spiro atoms. The van der Waals surface area contributed by atoms with Crippen molar-refractivity contribution in [3.8, 4) is 0 Å². The number of ether oxygens (including phenoxy) is 3. The molecule has 7 nitrogen and oxygen atoms in total. The fraction of sp³-hybridized carbons (Fsp3) is 0.760. The van der Waals surface area contributed by atoms with Crippen LogP contribution >= 0.6 is 0 Å². The summed E-state index contributed by atoms with van der Waals surface area (Å²) in [7, 11) is 1.81. The summed E-state index contributed by atoms with van der Waals surface area (Å²) in [5, 5.41) is 0. The minimum Gasteiger partial charge on any atom is -0.450 e. The van der Waals surface area contributed by atoms with Crippen molar-refractivity contribution in [1.29, 1.82) is 0 Å². The molecule has 0 N–H and O–H groups in total. The van der Waals surface area contributed by atoms with E-state index in [1.54, 1.807) is 6.08 Å². The van der Waals surface area contributed by atoms with E-state index in [1.807, 2.05) is 7.11 Å². The molecule has 2 aliphatic carbocycles. The van der Waals surface area contributed by atoms with Crippen LogP contribution in [0, 0.1) is 5.92 Å². The second-order valence-corrected chi connectivity index (χ2v) is 11.3. The number of nitrogens with zero attached hydrogens (tertiary/aromatic N) is 2. The van der Waals surface area contributed by atoms with E-state index in [0.29, 0.717) is 12.1 Å². The van der Waals surface area contributed by atoms with Gasteiger partial charge in [0.15, 0.2) is 11.2 Å². The standard InChI is InChI=1S/C25H30N2O5/c1-30-18-10-15-22(23(29)32-25(15)12-17(18)27-7-3-5-20(25)27)14-8-13-9-21(28)31-24(13)11-16(14)26-6-2-4-19(24)26/h9,14,16-20H,2-8,10-12H2,1H3/t14-,16-,17-,18-,19+,20+,24-,25-/m0/s1. The van der Waals surface area contributed by atoms with E-state index in [9.17, 15) is 9.59 Å². The third-order valence-electron chi connectivity index (χ3n) is 10.4. The lowest BCUT2D eigenvalue weighted by Gasteiger charge is -2.38. The second kappa shape index (κ2) is 5.86. The molecule has 4 saturated heterocycles. The number of rotatable bonds is 2. The molecule has 6 aliphatic heterocycles. The maximum Gasteiger partial charge on any atom is 0.335 e. The first-order valence-electron chi connectivity index (χ1n) is 12.5. The third-order valence-corrected chi connectivity index (χ3v) is 10.4. The molecular formula is C25H30N2O5. The van der Waals surface area contributed by atoms with Gasteiger partial charge in [-0.25, -0.2) is 9.59 Å². The van der Waals surface area contributed by atoms with Crippen LogP contribution < -0.4 is 0 Å². The largest absolute Gasteiger partial charge is 0.450 e. The Kier molecular flexibility index (Phi) is 3.42. The van der Waals surface area contributed by atoms with Crippen molar-refractivity contribution >= 4 is 11.9 Å². The SMILES string of the molecule is CO[C@H]1CC2=C([C@H]3CC4=CC(=O)O[C@@]45C[C@@H]3N3CCC[C@@H]35)C(=O)O[C@@]23C[C@@H]1N1CCC[C@@H]13. The average molecular weight is 439 g/mol. The van der Waals surface area contributed by atoms with Crippen molar-refractivity contribution in [3.63, 3.8) is 0 Å². The molecular weight excluding hydrogens is 408 g/mol. The van der Waals surface area contributed by atoms with Crippen molar-refractivity contribution < 1.29 is 23.8 Å². The summed E-state index contributed by atoms with van der Waals surface area (Å²) in [6.45, 7) is 2.11. The molecule has 8 aliphatic rings. The number of methoxy groups -OCH3 is 1. The zero-order valence-corrected chi connectivity index (χ0v) is 18.5. The number of hydrogen-bond acceptors (Lipinski definition) is 7. The summed E-state index contributed by atoms with van der Waals surface area (Å²) in [6, 6.07) is 1.16. The predicted molar refractivity (Wildman–Crippen MR) is 113 cm³/mol. The zero-order valence-electron chi connectivity index (χ0n) is 18.5. The second-order valence-electron chi connectivity index (χ2n) is 11.3. The predicted octanol–water partition coefficient (Wildman–Crippen LogP) is 1.71. The number of esters is 2. The van der Waals surface area contributed by atoms with Gasteiger partial charge in [-0.15, -0.1) is 0 Å². The molecule has 2 saturated carbocycles. The van der Waals surface area contributed by atoms with E-state index in [1.165, 1.54) is 5.57 Å². The molecule has 0 aromatic rings. The first-order valence-corrected chi connectivity index (χ1v) is 12.5. The van der Waals surface area contributed by atoms with Gasteiger partial charge in [-0.3, -0.25) is 9.80 Å². The van der Waals surface area contributed by atoms with Gasteiger partial charge in [-0.2, -0.15) is 0 Å². The minimum absolute atomic E-state index is 0.0818. The first-order chi connectivity index (χ1) is 15.6. The Hall–Kier alpha value is -1.70. The molecule has 6 fully saturated rings. The van der Waals surface area contributed by atoms with Crippen molar-refractivity contribution in [2.45, 2.75) is 92.8 Å². The van der Waals surface area contributed by atoms with Crippen LogP contribution in [0.3, 0.4) is 0 Å². The van der Waals surface area contributed by atoms with Gasteiger partial charge in [0.2, 0.25) is 0 Å². The highest BCUT2D eigenvalue weighted by Crippen LogP contribution is 2.62. The minimum atomic E-state index is -0.448. The molecule has 4 bridgehead atoms. The number of carbonyl (C=O) groups excluding carboxylic acids is 2. The fourth-order valence-corrected chi connectivity index (χ4v) is 9.42. The molecule has 8 rings (SSSR count). The van der Waals surface area contributed by atoms with Crippen LogP contribution in [0.15, 0.2) is 22.8 Å². The van der Waals surface area contributed by atoms with Crippen LogP contribution in [0.1, 0.15) is 51.4 Å². The molecule has 7 heteroatoms. The Morgan fingerprint density at radius 2 is 1.69 bits per heavy atom. The van der Waals surface area contributed by atoms with E-state index >= 15 is 0 Å². The lowest BCUT2D eigenvalue weighted by molar-refractivity contribution is -0.150. The average Bonchev–Trinajstić information content (AvgIpc) is 3.57. The van der Waals surface area contributed by atoms with Gasteiger partial charge < -0.3 is 14.2 Å². The van der Waals surface area contributed by atoms with E-state index in [4.69, 9.17) is 14.2 Å². The summed E-state index contributed by atoms with van der Waals surface area (Å²) in [5.74, 6) is -0.220. The van der Waals surface area contributed by atoms with Gasteiger partial charge in [-0.1, -0.05) is 0 Å². The van der Waals surface area contributed by atoms with Crippen LogP contribution in [-0.2, 0) is 23.8 Å². The first kappa shape index (κ1) is 18.7.